The minimum atomic E-state index is -0.348. The van der Waals surface area contributed by atoms with Gasteiger partial charge in [-0.05, 0) is 30.2 Å². The highest BCUT2D eigenvalue weighted by Gasteiger charge is 2.25. The molecule has 0 amide bonds. The molecule has 0 saturated carbocycles. The summed E-state index contributed by atoms with van der Waals surface area (Å²) in [5.41, 5.74) is 5.34. The number of quaternary nitrogens is 1. The minimum absolute atomic E-state index is 0.348. The molecule has 5 rings (SSSR count). The van der Waals surface area contributed by atoms with Gasteiger partial charge in [-0.15, -0.1) is 0 Å². The standard InChI is InChI=1S/C24H20N2O3/c1-16-23-19(14-26(15-28-23)13-17-6-5-9-25-12-17)10-21-20(11-22(27)29-24(16)21)18-7-3-2-4-8-18/h2-12H,13-15H2,1H3/p+1. The Bertz CT molecular complexity index is 1230. The van der Waals surface area contributed by atoms with Crippen molar-refractivity contribution in [2.45, 2.75) is 20.0 Å². The van der Waals surface area contributed by atoms with Gasteiger partial charge in [0.25, 0.3) is 0 Å². The predicted molar refractivity (Wildman–Crippen MR) is 111 cm³/mol. The third-order valence-corrected chi connectivity index (χ3v) is 5.41. The number of benzene rings is 2. The van der Waals surface area contributed by atoms with Crippen molar-refractivity contribution >= 4 is 11.0 Å². The van der Waals surface area contributed by atoms with Gasteiger partial charge in [-0.2, -0.15) is 0 Å². The van der Waals surface area contributed by atoms with Crippen LogP contribution in [0.2, 0.25) is 0 Å². The second kappa shape index (κ2) is 7.18. The summed E-state index contributed by atoms with van der Waals surface area (Å²) in [6, 6.07) is 17.7. The Kier molecular flexibility index (Phi) is 4.37. The van der Waals surface area contributed by atoms with E-state index in [0.29, 0.717) is 12.3 Å². The highest BCUT2D eigenvalue weighted by atomic mass is 16.5. The summed E-state index contributed by atoms with van der Waals surface area (Å²) >= 11 is 0. The van der Waals surface area contributed by atoms with E-state index in [2.05, 4.69) is 17.1 Å². The normalized spacial score (nSPS) is 15.7. The monoisotopic (exact) mass is 385 g/mol. The summed E-state index contributed by atoms with van der Waals surface area (Å²) in [6.07, 6.45) is 3.69. The van der Waals surface area contributed by atoms with Gasteiger partial charge < -0.3 is 9.15 Å². The Morgan fingerprint density at radius 1 is 1.10 bits per heavy atom. The molecule has 2 aromatic carbocycles. The molecule has 0 fully saturated rings. The average molecular weight is 385 g/mol. The van der Waals surface area contributed by atoms with E-state index in [1.165, 1.54) is 10.5 Å². The van der Waals surface area contributed by atoms with E-state index in [1.807, 2.05) is 49.5 Å². The largest absolute Gasteiger partial charge is 0.444 e. The lowest BCUT2D eigenvalue weighted by Gasteiger charge is -2.27. The highest BCUT2D eigenvalue weighted by molar-refractivity contribution is 5.96. The maximum atomic E-state index is 12.2. The number of ether oxygens (including phenoxy) is 1. The van der Waals surface area contributed by atoms with Gasteiger partial charge in [0, 0.05) is 40.5 Å². The Hall–Kier alpha value is -3.44. The number of fused-ring (bicyclic) bond motifs is 2. The first-order chi connectivity index (χ1) is 14.2. The van der Waals surface area contributed by atoms with E-state index in [1.54, 1.807) is 12.3 Å². The minimum Gasteiger partial charge on any atom is -0.444 e. The second-order valence-electron chi connectivity index (χ2n) is 7.47. The van der Waals surface area contributed by atoms with Gasteiger partial charge in [-0.3, -0.25) is 9.88 Å². The molecular weight excluding hydrogens is 364 g/mol. The van der Waals surface area contributed by atoms with Crippen LogP contribution in [0.5, 0.6) is 5.75 Å². The van der Waals surface area contributed by atoms with Crippen LogP contribution in [0, 0.1) is 6.92 Å². The lowest BCUT2D eigenvalue weighted by Crippen LogP contribution is -3.10. The smallest absolute Gasteiger partial charge is 0.336 e. The van der Waals surface area contributed by atoms with Gasteiger partial charge in [-0.25, -0.2) is 4.79 Å². The molecule has 0 radical (unpaired) electrons. The number of nitrogens with one attached hydrogen (secondary N) is 1. The Labute approximate surface area is 168 Å². The van der Waals surface area contributed by atoms with Crippen LogP contribution in [0.25, 0.3) is 22.1 Å². The first-order valence-corrected chi connectivity index (χ1v) is 9.70. The number of nitrogens with zero attached hydrogens (tertiary/aromatic N) is 1. The van der Waals surface area contributed by atoms with Crippen molar-refractivity contribution in [3.63, 3.8) is 0 Å². The lowest BCUT2D eigenvalue weighted by atomic mass is 9.97. The molecule has 3 heterocycles. The first kappa shape index (κ1) is 17.6. The molecule has 144 valence electrons. The maximum absolute atomic E-state index is 12.2. The number of rotatable bonds is 3. The lowest BCUT2D eigenvalue weighted by molar-refractivity contribution is -0.945. The van der Waals surface area contributed by atoms with Crippen LogP contribution in [-0.4, -0.2) is 11.7 Å². The number of aryl methyl sites for hydroxylation is 1. The summed E-state index contributed by atoms with van der Waals surface area (Å²) in [5, 5.41) is 0.943. The summed E-state index contributed by atoms with van der Waals surface area (Å²) < 4.78 is 11.7. The van der Waals surface area contributed by atoms with Crippen LogP contribution in [0.3, 0.4) is 0 Å². The number of pyridine rings is 1. The van der Waals surface area contributed by atoms with E-state index in [0.717, 1.165) is 46.5 Å². The van der Waals surface area contributed by atoms with Crippen molar-refractivity contribution < 1.29 is 14.1 Å². The molecule has 1 aliphatic heterocycles. The molecule has 5 heteroatoms. The molecular formula is C24H21N2O3+. The molecule has 5 nitrogen and oxygen atoms in total. The Morgan fingerprint density at radius 2 is 1.97 bits per heavy atom. The zero-order valence-corrected chi connectivity index (χ0v) is 16.1. The average Bonchev–Trinajstić information content (AvgIpc) is 2.75. The predicted octanol–water partition coefficient (Wildman–Crippen LogP) is 3.10. The van der Waals surface area contributed by atoms with Gasteiger partial charge in [0.05, 0.1) is 0 Å². The molecule has 1 atom stereocenters. The summed E-state index contributed by atoms with van der Waals surface area (Å²) in [6.45, 7) is 4.22. The zero-order chi connectivity index (χ0) is 19.8. The number of aromatic nitrogens is 1. The molecule has 0 saturated heterocycles. The molecule has 0 aliphatic carbocycles. The summed E-state index contributed by atoms with van der Waals surface area (Å²) in [5.74, 6) is 0.834. The molecule has 1 N–H and O–H groups in total. The van der Waals surface area contributed by atoms with Crippen LogP contribution < -0.4 is 15.3 Å². The van der Waals surface area contributed by atoms with Crippen molar-refractivity contribution in [2.24, 2.45) is 0 Å². The van der Waals surface area contributed by atoms with E-state index < -0.39 is 0 Å². The van der Waals surface area contributed by atoms with E-state index in [9.17, 15) is 4.79 Å². The fourth-order valence-electron chi connectivity index (χ4n) is 4.10. The number of hydrogen-bond donors (Lipinski definition) is 1. The third-order valence-electron chi connectivity index (χ3n) is 5.41. The van der Waals surface area contributed by atoms with Crippen molar-refractivity contribution in [1.82, 2.24) is 4.98 Å². The van der Waals surface area contributed by atoms with Crippen LogP contribution in [-0.2, 0) is 13.1 Å². The van der Waals surface area contributed by atoms with Crippen molar-refractivity contribution in [2.75, 3.05) is 6.73 Å². The fourth-order valence-corrected chi connectivity index (χ4v) is 4.10. The van der Waals surface area contributed by atoms with Gasteiger partial charge in [0.15, 0.2) is 0 Å². The van der Waals surface area contributed by atoms with E-state index in [4.69, 9.17) is 9.15 Å². The van der Waals surface area contributed by atoms with Gasteiger partial charge in [-0.1, -0.05) is 36.4 Å². The zero-order valence-electron chi connectivity index (χ0n) is 16.1. The molecule has 0 bridgehead atoms. The number of hydrogen-bond acceptors (Lipinski definition) is 4. The van der Waals surface area contributed by atoms with E-state index >= 15 is 0 Å². The maximum Gasteiger partial charge on any atom is 0.336 e. The second-order valence-corrected chi connectivity index (χ2v) is 7.47. The Balaban J connectivity index is 1.60. The van der Waals surface area contributed by atoms with E-state index in [-0.39, 0.29) is 5.63 Å². The van der Waals surface area contributed by atoms with Gasteiger partial charge in [0.1, 0.15) is 24.4 Å². The van der Waals surface area contributed by atoms with Crippen LogP contribution >= 0.6 is 0 Å². The van der Waals surface area contributed by atoms with Gasteiger partial charge >= 0.3 is 5.63 Å². The SMILES string of the molecule is Cc1c2c(cc3c(-c4ccccc4)cc(=O)oc13)C[NH+](Cc1cccnc1)CO2. The van der Waals surface area contributed by atoms with Crippen molar-refractivity contribution in [1.29, 1.82) is 0 Å². The molecule has 2 aromatic heterocycles. The molecule has 29 heavy (non-hydrogen) atoms. The van der Waals surface area contributed by atoms with Crippen molar-refractivity contribution in [3.8, 4) is 16.9 Å². The molecule has 1 aliphatic rings. The topological polar surface area (TPSA) is 56.8 Å². The molecule has 1 unspecified atom stereocenters. The van der Waals surface area contributed by atoms with Crippen LogP contribution in [0.4, 0.5) is 0 Å². The van der Waals surface area contributed by atoms with Crippen LogP contribution in [0.15, 0.2) is 76.2 Å². The fraction of sp³-hybridized carbons (Fsp3) is 0.167. The van der Waals surface area contributed by atoms with Crippen LogP contribution in [0.1, 0.15) is 16.7 Å². The highest BCUT2D eigenvalue weighted by Crippen LogP contribution is 2.36. The van der Waals surface area contributed by atoms with Gasteiger partial charge in [0.2, 0.25) is 6.73 Å². The third kappa shape index (κ3) is 3.30. The molecule has 4 aromatic rings. The summed E-state index contributed by atoms with van der Waals surface area (Å²) in [4.78, 5) is 17.8. The summed E-state index contributed by atoms with van der Waals surface area (Å²) in [7, 11) is 0. The quantitative estimate of drug-likeness (QED) is 0.551. The van der Waals surface area contributed by atoms with Crippen molar-refractivity contribution in [3.05, 3.63) is 94.1 Å². The first-order valence-electron chi connectivity index (χ1n) is 9.70. The Morgan fingerprint density at radius 3 is 2.76 bits per heavy atom. The molecule has 0 spiro atoms.